The van der Waals surface area contributed by atoms with Crippen LogP contribution in [0.25, 0.3) is 0 Å². The molecule has 0 aromatic rings. The molecule has 0 aliphatic heterocycles. The molecule has 0 rings (SSSR count). The second kappa shape index (κ2) is 8.52. The first-order chi connectivity index (χ1) is 5.82. The van der Waals surface area contributed by atoms with Crippen molar-refractivity contribution in [3.8, 4) is 0 Å². The van der Waals surface area contributed by atoms with E-state index in [4.69, 9.17) is 0 Å². The summed E-state index contributed by atoms with van der Waals surface area (Å²) in [6, 6.07) is 1.38. The summed E-state index contributed by atoms with van der Waals surface area (Å²) in [4.78, 5) is 11.7. The fraction of sp³-hybridized carbons (Fsp3) is 0.900. The van der Waals surface area contributed by atoms with Crippen molar-refractivity contribution in [2.24, 2.45) is 0 Å². The molecule has 0 saturated heterocycles. The summed E-state index contributed by atoms with van der Waals surface area (Å²) in [6.07, 6.45) is 0. The first-order valence-corrected chi connectivity index (χ1v) is 5.12. The van der Waals surface area contributed by atoms with Crippen LogP contribution in [0, 0.1) is 0 Å². The van der Waals surface area contributed by atoms with Crippen LogP contribution in [0.5, 0.6) is 0 Å². The average molecular weight is 208 g/mol. The van der Waals surface area contributed by atoms with Gasteiger partial charge in [0.25, 0.3) is 0 Å². The molecule has 2 nitrogen and oxygen atoms in total. The number of nitrogens with zero attached hydrogens (tertiary/aromatic N) is 1. The highest BCUT2D eigenvalue weighted by molar-refractivity contribution is 6.62. The molecular weight excluding hydrogens is 186 g/mol. The van der Waals surface area contributed by atoms with Crippen molar-refractivity contribution in [2.45, 2.75) is 53.6 Å². The Hall–Kier alpha value is -0.0800. The van der Waals surface area contributed by atoms with E-state index < -0.39 is 0 Å². The number of hydrogen-bond donors (Lipinski definition) is 0. The standard InChI is InChI=1S/C8H19N.C2H3ClO/c1-6-9(7(2)3)8(4)5;1-2(3)4/h7-8H,6H2,1-5H3;1H3. The maximum atomic E-state index is 9.21. The topological polar surface area (TPSA) is 20.3 Å². The molecule has 0 saturated carbocycles. The predicted octanol–water partition coefficient (Wildman–Crippen LogP) is 2.90. The molecule has 0 N–H and O–H groups in total. The molecule has 0 radical (unpaired) electrons. The third-order valence-electron chi connectivity index (χ3n) is 1.69. The van der Waals surface area contributed by atoms with E-state index >= 15 is 0 Å². The first kappa shape index (κ1) is 15.4. The molecule has 3 heteroatoms. The van der Waals surface area contributed by atoms with Gasteiger partial charge in [-0.3, -0.25) is 9.69 Å². The second-order valence-corrected chi connectivity index (χ2v) is 4.02. The number of carbonyl (C=O) groups excluding carboxylic acids is 1. The van der Waals surface area contributed by atoms with Gasteiger partial charge in [0, 0.05) is 19.0 Å². The fourth-order valence-electron chi connectivity index (χ4n) is 1.33. The Bertz CT molecular complexity index is 123. The van der Waals surface area contributed by atoms with E-state index in [0.717, 1.165) is 6.54 Å². The van der Waals surface area contributed by atoms with Gasteiger partial charge < -0.3 is 0 Å². The van der Waals surface area contributed by atoms with Gasteiger partial charge in [0.2, 0.25) is 5.24 Å². The zero-order valence-electron chi connectivity index (χ0n) is 9.60. The highest BCUT2D eigenvalue weighted by atomic mass is 35.5. The Morgan fingerprint density at radius 1 is 1.23 bits per heavy atom. The van der Waals surface area contributed by atoms with Gasteiger partial charge in [0.1, 0.15) is 0 Å². The summed E-state index contributed by atoms with van der Waals surface area (Å²) >= 11 is 4.64. The molecule has 0 aromatic heterocycles. The fourth-order valence-corrected chi connectivity index (χ4v) is 1.33. The zero-order valence-corrected chi connectivity index (χ0v) is 10.4. The minimum atomic E-state index is -0.361. The van der Waals surface area contributed by atoms with Gasteiger partial charge in [0.15, 0.2) is 0 Å². The van der Waals surface area contributed by atoms with Crippen molar-refractivity contribution in [3.05, 3.63) is 0 Å². The lowest BCUT2D eigenvalue weighted by molar-refractivity contribution is -0.109. The minimum absolute atomic E-state index is 0.361. The van der Waals surface area contributed by atoms with Crippen molar-refractivity contribution in [1.82, 2.24) is 4.90 Å². The SMILES string of the molecule is CC(=O)Cl.CCN(C(C)C)C(C)C. The normalized spacial score (nSPS) is 10.3. The smallest absolute Gasteiger partial charge is 0.218 e. The molecule has 0 bridgehead atoms. The van der Waals surface area contributed by atoms with E-state index in [1.165, 1.54) is 6.92 Å². The monoisotopic (exact) mass is 207 g/mol. The van der Waals surface area contributed by atoms with E-state index in [-0.39, 0.29) is 5.24 Å². The summed E-state index contributed by atoms with van der Waals surface area (Å²) in [5.41, 5.74) is 0. The largest absolute Gasteiger partial charge is 0.299 e. The molecule has 0 spiro atoms. The van der Waals surface area contributed by atoms with Crippen molar-refractivity contribution in [1.29, 1.82) is 0 Å². The molecule has 13 heavy (non-hydrogen) atoms. The quantitative estimate of drug-likeness (QED) is 0.664. The van der Waals surface area contributed by atoms with Crippen molar-refractivity contribution < 1.29 is 4.79 Å². The van der Waals surface area contributed by atoms with E-state index in [1.807, 2.05) is 0 Å². The van der Waals surface area contributed by atoms with Gasteiger partial charge in [-0.15, -0.1) is 0 Å². The molecule has 0 aliphatic carbocycles. The highest BCUT2D eigenvalue weighted by Gasteiger charge is 2.08. The lowest BCUT2D eigenvalue weighted by atomic mass is 10.2. The molecular formula is C10H22ClNO. The van der Waals surface area contributed by atoms with Crippen molar-refractivity contribution in [3.63, 3.8) is 0 Å². The molecule has 0 unspecified atom stereocenters. The molecule has 80 valence electrons. The van der Waals surface area contributed by atoms with E-state index in [1.54, 1.807) is 0 Å². The van der Waals surface area contributed by atoms with Gasteiger partial charge in [-0.05, 0) is 45.8 Å². The summed E-state index contributed by atoms with van der Waals surface area (Å²) in [5.74, 6) is 0. The zero-order chi connectivity index (χ0) is 11.0. The molecule has 0 atom stereocenters. The van der Waals surface area contributed by atoms with Gasteiger partial charge in [-0.1, -0.05) is 6.92 Å². The number of hydrogen-bond acceptors (Lipinski definition) is 2. The Morgan fingerprint density at radius 2 is 1.46 bits per heavy atom. The first-order valence-electron chi connectivity index (χ1n) is 4.74. The van der Waals surface area contributed by atoms with Crippen LogP contribution < -0.4 is 0 Å². The lowest BCUT2D eigenvalue weighted by Gasteiger charge is -2.28. The van der Waals surface area contributed by atoms with Gasteiger partial charge in [-0.2, -0.15) is 0 Å². The van der Waals surface area contributed by atoms with Crippen LogP contribution in [-0.2, 0) is 4.79 Å². The third-order valence-corrected chi connectivity index (χ3v) is 1.69. The van der Waals surface area contributed by atoms with Crippen LogP contribution in [0.15, 0.2) is 0 Å². The molecule has 0 aromatic carbocycles. The highest BCUT2D eigenvalue weighted by Crippen LogP contribution is 2.02. The summed E-state index contributed by atoms with van der Waals surface area (Å²) in [5, 5.41) is -0.361. The van der Waals surface area contributed by atoms with Gasteiger partial charge >= 0.3 is 0 Å². The van der Waals surface area contributed by atoms with E-state index in [0.29, 0.717) is 12.1 Å². The van der Waals surface area contributed by atoms with Gasteiger partial charge in [0.05, 0.1) is 0 Å². The number of rotatable bonds is 3. The van der Waals surface area contributed by atoms with Crippen LogP contribution in [0.3, 0.4) is 0 Å². The Balaban J connectivity index is 0. The third kappa shape index (κ3) is 11.9. The van der Waals surface area contributed by atoms with E-state index in [2.05, 4.69) is 51.1 Å². The van der Waals surface area contributed by atoms with Crippen LogP contribution in [0.1, 0.15) is 41.5 Å². The number of halogens is 1. The van der Waals surface area contributed by atoms with E-state index in [9.17, 15) is 4.79 Å². The van der Waals surface area contributed by atoms with Gasteiger partial charge in [-0.25, -0.2) is 0 Å². The summed E-state index contributed by atoms with van der Waals surface area (Å²) < 4.78 is 0. The molecule has 0 fully saturated rings. The number of carbonyl (C=O) groups is 1. The average Bonchev–Trinajstić information content (AvgIpc) is 1.84. The van der Waals surface area contributed by atoms with Crippen LogP contribution >= 0.6 is 11.6 Å². The molecule has 0 heterocycles. The molecule has 0 amide bonds. The van der Waals surface area contributed by atoms with Crippen LogP contribution in [-0.4, -0.2) is 28.8 Å². The van der Waals surface area contributed by atoms with Crippen molar-refractivity contribution in [2.75, 3.05) is 6.54 Å². The second-order valence-electron chi connectivity index (χ2n) is 3.49. The van der Waals surface area contributed by atoms with Crippen molar-refractivity contribution >= 4 is 16.8 Å². The Labute approximate surface area is 87.3 Å². The minimum Gasteiger partial charge on any atom is -0.299 e. The van der Waals surface area contributed by atoms with Crippen LogP contribution in [0.4, 0.5) is 0 Å². The predicted molar refractivity (Wildman–Crippen MR) is 59.2 cm³/mol. The Morgan fingerprint density at radius 3 is 1.46 bits per heavy atom. The van der Waals surface area contributed by atoms with Crippen LogP contribution in [0.2, 0.25) is 0 Å². The summed E-state index contributed by atoms with van der Waals surface area (Å²) in [7, 11) is 0. The lowest BCUT2D eigenvalue weighted by Crippen LogP contribution is -2.36. The molecule has 0 aliphatic rings. The summed E-state index contributed by atoms with van der Waals surface area (Å²) in [6.45, 7) is 13.6. The maximum absolute atomic E-state index is 9.21. The maximum Gasteiger partial charge on any atom is 0.218 e. The Kier molecular flexibility index (Phi) is 10.1.